The van der Waals surface area contributed by atoms with E-state index in [4.69, 9.17) is 28.9 Å². The summed E-state index contributed by atoms with van der Waals surface area (Å²) in [5.41, 5.74) is 5.80. The van der Waals surface area contributed by atoms with Crippen LogP contribution in [0, 0.1) is 5.82 Å². The van der Waals surface area contributed by atoms with Gasteiger partial charge in [0.25, 0.3) is 0 Å². The first-order valence-corrected chi connectivity index (χ1v) is 5.80. The Balaban J connectivity index is 2.62. The van der Waals surface area contributed by atoms with E-state index in [1.807, 2.05) is 0 Å². The standard InChI is InChI=1S/C13H8Cl2FNO/c14-9-2-1-3-10(15)12(9)8-5-4-7(13(17)18)6-11(8)16/h1-6H,(H2,17,18). The maximum Gasteiger partial charge on any atom is 0.248 e. The molecule has 0 aliphatic carbocycles. The van der Waals surface area contributed by atoms with Crippen LogP contribution >= 0.6 is 23.2 Å². The summed E-state index contributed by atoms with van der Waals surface area (Å²) < 4.78 is 13.9. The maximum atomic E-state index is 13.9. The van der Waals surface area contributed by atoms with Crippen LogP contribution in [0.3, 0.4) is 0 Å². The van der Waals surface area contributed by atoms with Crippen LogP contribution in [0.2, 0.25) is 10.0 Å². The van der Waals surface area contributed by atoms with Gasteiger partial charge in [0.2, 0.25) is 5.91 Å². The van der Waals surface area contributed by atoms with Crippen LogP contribution in [-0.2, 0) is 0 Å². The number of amides is 1. The van der Waals surface area contributed by atoms with Crippen molar-refractivity contribution in [3.05, 3.63) is 57.8 Å². The Morgan fingerprint density at radius 3 is 2.22 bits per heavy atom. The summed E-state index contributed by atoms with van der Waals surface area (Å²) in [4.78, 5) is 10.9. The predicted octanol–water partition coefficient (Wildman–Crippen LogP) is 3.90. The molecule has 0 radical (unpaired) electrons. The molecule has 2 N–H and O–H groups in total. The van der Waals surface area contributed by atoms with Crippen molar-refractivity contribution in [3.63, 3.8) is 0 Å². The molecular weight excluding hydrogens is 276 g/mol. The minimum absolute atomic E-state index is 0.0967. The molecule has 0 atom stereocenters. The van der Waals surface area contributed by atoms with E-state index >= 15 is 0 Å². The molecule has 0 aliphatic heterocycles. The molecule has 0 unspecified atom stereocenters. The summed E-state index contributed by atoms with van der Waals surface area (Å²) in [5, 5.41) is 0.682. The SMILES string of the molecule is NC(=O)c1ccc(-c2c(Cl)cccc2Cl)c(F)c1. The molecule has 1 amide bonds. The van der Waals surface area contributed by atoms with Crippen LogP contribution < -0.4 is 5.73 Å². The first-order valence-electron chi connectivity index (χ1n) is 5.04. The van der Waals surface area contributed by atoms with Crippen LogP contribution in [-0.4, -0.2) is 5.91 Å². The monoisotopic (exact) mass is 283 g/mol. The lowest BCUT2D eigenvalue weighted by atomic mass is 10.0. The van der Waals surface area contributed by atoms with Gasteiger partial charge in [0.05, 0.1) is 0 Å². The largest absolute Gasteiger partial charge is 0.366 e. The number of halogens is 3. The van der Waals surface area contributed by atoms with Crippen molar-refractivity contribution in [3.8, 4) is 11.1 Å². The molecule has 0 spiro atoms. The van der Waals surface area contributed by atoms with Gasteiger partial charge in [-0.15, -0.1) is 0 Å². The molecule has 0 saturated carbocycles. The van der Waals surface area contributed by atoms with E-state index in [0.717, 1.165) is 6.07 Å². The number of primary amides is 1. The Hall–Kier alpha value is -1.58. The molecule has 0 aliphatic rings. The summed E-state index contributed by atoms with van der Waals surface area (Å²) in [6, 6.07) is 8.83. The van der Waals surface area contributed by atoms with Gasteiger partial charge in [-0.1, -0.05) is 35.3 Å². The average molecular weight is 284 g/mol. The number of carbonyl (C=O) groups excluding carboxylic acids is 1. The van der Waals surface area contributed by atoms with Gasteiger partial charge in [0.15, 0.2) is 0 Å². The van der Waals surface area contributed by atoms with Crippen molar-refractivity contribution < 1.29 is 9.18 Å². The Kier molecular flexibility index (Phi) is 3.55. The van der Waals surface area contributed by atoms with E-state index < -0.39 is 11.7 Å². The normalized spacial score (nSPS) is 10.4. The Labute approximate surface area is 113 Å². The first kappa shape index (κ1) is 12.9. The number of nitrogens with two attached hydrogens (primary N) is 1. The molecule has 2 rings (SSSR count). The van der Waals surface area contributed by atoms with Crippen molar-refractivity contribution in [2.75, 3.05) is 0 Å². The lowest BCUT2D eigenvalue weighted by molar-refractivity contribution is 0.1000. The summed E-state index contributed by atoms with van der Waals surface area (Å²) in [7, 11) is 0. The van der Waals surface area contributed by atoms with E-state index in [1.54, 1.807) is 18.2 Å². The molecule has 5 heteroatoms. The van der Waals surface area contributed by atoms with Crippen molar-refractivity contribution in [1.82, 2.24) is 0 Å². The molecule has 2 aromatic rings. The summed E-state index contributed by atoms with van der Waals surface area (Å²) in [6.45, 7) is 0. The van der Waals surface area contributed by atoms with Gasteiger partial charge in [-0.2, -0.15) is 0 Å². The van der Waals surface area contributed by atoms with E-state index in [-0.39, 0.29) is 11.1 Å². The highest BCUT2D eigenvalue weighted by Crippen LogP contribution is 2.36. The van der Waals surface area contributed by atoms with Gasteiger partial charge >= 0.3 is 0 Å². The van der Waals surface area contributed by atoms with E-state index in [0.29, 0.717) is 15.6 Å². The van der Waals surface area contributed by atoms with Gasteiger partial charge in [-0.25, -0.2) is 4.39 Å². The molecule has 18 heavy (non-hydrogen) atoms. The predicted molar refractivity (Wildman–Crippen MR) is 70.4 cm³/mol. The number of rotatable bonds is 2. The van der Waals surface area contributed by atoms with Crippen molar-refractivity contribution >= 4 is 29.1 Å². The van der Waals surface area contributed by atoms with Crippen molar-refractivity contribution in [2.45, 2.75) is 0 Å². The molecule has 0 saturated heterocycles. The fourth-order valence-electron chi connectivity index (χ4n) is 1.63. The highest BCUT2D eigenvalue weighted by Gasteiger charge is 2.14. The second-order valence-electron chi connectivity index (χ2n) is 3.66. The van der Waals surface area contributed by atoms with Gasteiger partial charge in [-0.3, -0.25) is 4.79 Å². The third-order valence-electron chi connectivity index (χ3n) is 2.49. The van der Waals surface area contributed by atoms with Gasteiger partial charge in [0, 0.05) is 26.7 Å². The molecule has 0 aromatic heterocycles. The number of carbonyl (C=O) groups is 1. The Morgan fingerprint density at radius 1 is 1.11 bits per heavy atom. The minimum Gasteiger partial charge on any atom is -0.366 e. The van der Waals surface area contributed by atoms with Gasteiger partial charge in [-0.05, 0) is 24.3 Å². The molecule has 92 valence electrons. The third kappa shape index (κ3) is 2.33. The Bertz CT molecular complexity index is 608. The zero-order valence-electron chi connectivity index (χ0n) is 9.08. The van der Waals surface area contributed by atoms with Crippen LogP contribution in [0.15, 0.2) is 36.4 Å². The average Bonchev–Trinajstić information content (AvgIpc) is 2.30. The highest BCUT2D eigenvalue weighted by atomic mass is 35.5. The van der Waals surface area contributed by atoms with E-state index in [2.05, 4.69) is 0 Å². The number of hydrogen-bond acceptors (Lipinski definition) is 1. The zero-order valence-corrected chi connectivity index (χ0v) is 10.6. The molecule has 0 bridgehead atoms. The highest BCUT2D eigenvalue weighted by molar-refractivity contribution is 6.39. The smallest absolute Gasteiger partial charge is 0.248 e. The Morgan fingerprint density at radius 2 is 1.72 bits per heavy atom. The molecule has 2 nitrogen and oxygen atoms in total. The van der Waals surface area contributed by atoms with Crippen LogP contribution in [0.25, 0.3) is 11.1 Å². The number of benzene rings is 2. The maximum absolute atomic E-state index is 13.9. The van der Waals surface area contributed by atoms with Crippen molar-refractivity contribution in [1.29, 1.82) is 0 Å². The first-order chi connectivity index (χ1) is 8.50. The topological polar surface area (TPSA) is 43.1 Å². The van der Waals surface area contributed by atoms with Crippen LogP contribution in [0.1, 0.15) is 10.4 Å². The lowest BCUT2D eigenvalue weighted by Crippen LogP contribution is -2.11. The second kappa shape index (κ2) is 4.96. The summed E-state index contributed by atoms with van der Waals surface area (Å²) in [6.07, 6.45) is 0. The molecule has 0 fully saturated rings. The lowest BCUT2D eigenvalue weighted by Gasteiger charge is -2.09. The summed E-state index contributed by atoms with van der Waals surface area (Å²) >= 11 is 12.0. The minimum atomic E-state index is -0.689. The van der Waals surface area contributed by atoms with Crippen LogP contribution in [0.5, 0.6) is 0 Å². The fraction of sp³-hybridized carbons (Fsp3) is 0. The van der Waals surface area contributed by atoms with E-state index in [9.17, 15) is 9.18 Å². The number of hydrogen-bond donors (Lipinski definition) is 1. The van der Waals surface area contributed by atoms with Crippen LogP contribution in [0.4, 0.5) is 4.39 Å². The second-order valence-corrected chi connectivity index (χ2v) is 4.47. The molecular formula is C13H8Cl2FNO. The summed E-state index contributed by atoms with van der Waals surface area (Å²) in [5.74, 6) is -1.29. The fourth-order valence-corrected chi connectivity index (χ4v) is 2.23. The van der Waals surface area contributed by atoms with Crippen molar-refractivity contribution in [2.24, 2.45) is 5.73 Å². The van der Waals surface area contributed by atoms with E-state index in [1.165, 1.54) is 12.1 Å². The third-order valence-corrected chi connectivity index (χ3v) is 3.12. The van der Waals surface area contributed by atoms with Gasteiger partial charge in [0.1, 0.15) is 5.82 Å². The molecule has 0 heterocycles. The zero-order chi connectivity index (χ0) is 13.3. The van der Waals surface area contributed by atoms with Gasteiger partial charge < -0.3 is 5.73 Å². The molecule has 2 aromatic carbocycles. The quantitative estimate of drug-likeness (QED) is 0.893.